The predicted molar refractivity (Wildman–Crippen MR) is 80.8 cm³/mol. The van der Waals surface area contributed by atoms with Crippen LogP contribution in [0.15, 0.2) is 60.7 Å². The maximum Gasteiger partial charge on any atom is 0.303 e. The van der Waals surface area contributed by atoms with Gasteiger partial charge < -0.3 is 10.7 Å². The van der Waals surface area contributed by atoms with Crippen molar-refractivity contribution in [3.63, 3.8) is 0 Å². The van der Waals surface area contributed by atoms with Gasteiger partial charge in [-0.25, -0.2) is 0 Å². The Labute approximate surface area is 115 Å². The molecule has 0 aliphatic carbocycles. The summed E-state index contributed by atoms with van der Waals surface area (Å²) in [6.07, 6.45) is 0. The van der Waals surface area contributed by atoms with Gasteiger partial charge in [0.2, 0.25) is 0 Å². The molecule has 0 spiro atoms. The van der Waals surface area contributed by atoms with Gasteiger partial charge in [0, 0.05) is 5.92 Å². The van der Waals surface area contributed by atoms with Crippen molar-refractivity contribution < 1.29 is 4.79 Å². The molecule has 0 aliphatic rings. The van der Waals surface area contributed by atoms with Crippen molar-refractivity contribution in [1.82, 2.24) is 4.98 Å². The highest BCUT2D eigenvalue weighted by Gasteiger charge is 2.13. The molecule has 0 radical (unpaired) electrons. The van der Waals surface area contributed by atoms with Crippen molar-refractivity contribution in [3.05, 3.63) is 71.8 Å². The molecule has 2 aromatic carbocycles. The summed E-state index contributed by atoms with van der Waals surface area (Å²) < 4.78 is 0. The minimum atomic E-state index is -0.696. The first-order chi connectivity index (χ1) is 9.27. The molecule has 2 amide bonds. The zero-order valence-corrected chi connectivity index (χ0v) is 12.2. The molecule has 0 unspecified atom stereocenters. The Balaban J connectivity index is 2.17. The van der Waals surface area contributed by atoms with Crippen molar-refractivity contribution in [2.24, 2.45) is 5.73 Å². The fourth-order valence-electron chi connectivity index (χ4n) is 2.24. The van der Waals surface area contributed by atoms with Gasteiger partial charge >= 0.3 is 6.03 Å². The second-order valence-electron chi connectivity index (χ2n) is 4.45. The van der Waals surface area contributed by atoms with Crippen LogP contribution in [0, 0.1) is 0 Å². The first-order valence-corrected chi connectivity index (χ1v) is 8.11. The predicted octanol–water partition coefficient (Wildman–Crippen LogP) is 1.99. The average Bonchev–Trinajstić information content (AvgIpc) is 2.45. The second kappa shape index (κ2) is 6.75. The van der Waals surface area contributed by atoms with Crippen LogP contribution in [0.3, 0.4) is 0 Å². The number of amides is 2. The fourth-order valence-corrected chi connectivity index (χ4v) is 3.58. The molecule has 2 rings (SSSR count). The largest absolute Gasteiger partial charge is 0.370 e. The summed E-state index contributed by atoms with van der Waals surface area (Å²) in [7, 11) is -0.696. The molecule has 3 nitrogen and oxygen atoms in total. The molecule has 4 heteroatoms. The van der Waals surface area contributed by atoms with Gasteiger partial charge in [-0.3, -0.25) is 4.79 Å². The summed E-state index contributed by atoms with van der Waals surface area (Å²) in [6.45, 7) is 0. The molecule has 0 heterocycles. The van der Waals surface area contributed by atoms with Gasteiger partial charge in [-0.1, -0.05) is 60.7 Å². The van der Waals surface area contributed by atoms with Crippen LogP contribution in [0.25, 0.3) is 0 Å². The van der Waals surface area contributed by atoms with Crippen LogP contribution in [0.2, 0.25) is 6.04 Å². The van der Waals surface area contributed by atoms with E-state index in [2.05, 4.69) is 29.2 Å². The van der Waals surface area contributed by atoms with Crippen LogP contribution in [0.5, 0.6) is 0 Å². The number of carbonyl (C=O) groups excluding carboxylic acids is 1. The van der Waals surface area contributed by atoms with Crippen LogP contribution < -0.4 is 10.7 Å². The van der Waals surface area contributed by atoms with Crippen LogP contribution in [0.4, 0.5) is 4.79 Å². The van der Waals surface area contributed by atoms with Crippen molar-refractivity contribution >= 4 is 15.7 Å². The normalized spacial score (nSPS) is 11.0. The molecule has 19 heavy (non-hydrogen) atoms. The Hall–Kier alpha value is -2.07. The lowest BCUT2D eigenvalue weighted by atomic mass is 9.93. The maximum absolute atomic E-state index is 10.8. The molecular weight excluding hydrogens is 252 g/mol. The first kappa shape index (κ1) is 13.4. The van der Waals surface area contributed by atoms with Gasteiger partial charge in [-0.05, 0) is 17.2 Å². The third-order valence-electron chi connectivity index (χ3n) is 3.14. The minimum absolute atomic E-state index is 0.334. The van der Waals surface area contributed by atoms with E-state index in [0.717, 1.165) is 6.04 Å². The molecule has 0 aromatic heterocycles. The lowest BCUT2D eigenvalue weighted by Gasteiger charge is -2.17. The molecule has 2 aromatic rings. The van der Waals surface area contributed by atoms with Crippen molar-refractivity contribution in [2.75, 3.05) is 0 Å². The highest BCUT2D eigenvalue weighted by molar-refractivity contribution is 6.37. The van der Waals surface area contributed by atoms with E-state index in [-0.39, 0.29) is 0 Å². The maximum atomic E-state index is 10.8. The SMILES string of the molecule is NC(=O)N[SiH2]CC(c1ccccc1)c1ccccc1. The monoisotopic (exact) mass is 270 g/mol. The summed E-state index contributed by atoms with van der Waals surface area (Å²) in [4.78, 5) is 13.6. The number of nitrogens with one attached hydrogen (secondary N) is 1. The number of hydrogen-bond acceptors (Lipinski definition) is 1. The quantitative estimate of drug-likeness (QED) is 0.802. The number of carbonyl (C=O) groups is 1. The van der Waals surface area contributed by atoms with Gasteiger partial charge in [0.05, 0.1) is 0 Å². The number of rotatable bonds is 5. The summed E-state index contributed by atoms with van der Waals surface area (Å²) >= 11 is 0. The van der Waals surface area contributed by atoms with Gasteiger partial charge in [0.15, 0.2) is 0 Å². The van der Waals surface area contributed by atoms with Gasteiger partial charge in [-0.15, -0.1) is 0 Å². The lowest BCUT2D eigenvalue weighted by Crippen LogP contribution is -2.33. The van der Waals surface area contributed by atoms with E-state index < -0.39 is 15.7 Å². The van der Waals surface area contributed by atoms with E-state index in [1.807, 2.05) is 36.4 Å². The van der Waals surface area contributed by atoms with Crippen molar-refractivity contribution in [1.29, 1.82) is 0 Å². The van der Waals surface area contributed by atoms with Gasteiger partial charge in [0.25, 0.3) is 0 Å². The number of nitrogens with two attached hydrogens (primary N) is 1. The Morgan fingerprint density at radius 3 is 1.89 bits per heavy atom. The number of urea groups is 1. The lowest BCUT2D eigenvalue weighted by molar-refractivity contribution is 0.253. The van der Waals surface area contributed by atoms with Crippen LogP contribution in [-0.4, -0.2) is 15.7 Å². The van der Waals surface area contributed by atoms with Crippen LogP contribution in [0.1, 0.15) is 17.0 Å². The molecule has 3 N–H and O–H groups in total. The topological polar surface area (TPSA) is 55.1 Å². The third-order valence-corrected chi connectivity index (χ3v) is 4.60. The van der Waals surface area contributed by atoms with E-state index in [4.69, 9.17) is 5.73 Å². The minimum Gasteiger partial charge on any atom is -0.370 e. The van der Waals surface area contributed by atoms with E-state index in [1.54, 1.807) is 0 Å². The van der Waals surface area contributed by atoms with E-state index in [0.29, 0.717) is 5.92 Å². The zero-order chi connectivity index (χ0) is 13.5. The van der Waals surface area contributed by atoms with Crippen molar-refractivity contribution in [2.45, 2.75) is 12.0 Å². The molecule has 0 fully saturated rings. The second-order valence-corrected chi connectivity index (χ2v) is 5.88. The summed E-state index contributed by atoms with van der Waals surface area (Å²) in [5.41, 5.74) is 7.71. The molecular formula is C15H18N2OSi. The third kappa shape index (κ3) is 3.96. The highest BCUT2D eigenvalue weighted by atomic mass is 28.2. The zero-order valence-electron chi connectivity index (χ0n) is 10.8. The number of benzene rings is 2. The Morgan fingerprint density at radius 1 is 1.00 bits per heavy atom. The molecule has 0 saturated heterocycles. The number of hydrogen-bond donors (Lipinski definition) is 2. The van der Waals surface area contributed by atoms with Gasteiger partial charge in [-0.2, -0.15) is 0 Å². The van der Waals surface area contributed by atoms with Crippen LogP contribution >= 0.6 is 0 Å². The fraction of sp³-hybridized carbons (Fsp3) is 0.133. The van der Waals surface area contributed by atoms with E-state index >= 15 is 0 Å². The van der Waals surface area contributed by atoms with Crippen LogP contribution in [-0.2, 0) is 0 Å². The van der Waals surface area contributed by atoms with Crippen molar-refractivity contribution in [3.8, 4) is 0 Å². The molecule has 0 bridgehead atoms. The Bertz CT molecular complexity index is 477. The highest BCUT2D eigenvalue weighted by Crippen LogP contribution is 2.27. The Kier molecular flexibility index (Phi) is 4.75. The molecule has 0 atom stereocenters. The van der Waals surface area contributed by atoms with E-state index in [1.165, 1.54) is 11.1 Å². The standard InChI is InChI=1S/C15H18N2OSi/c16-15(18)17-19-11-14(12-7-3-1-4-8-12)13-9-5-2-6-10-13/h1-10,14H,11,19H2,(H3,16,17,18). The Morgan fingerprint density at radius 2 is 1.47 bits per heavy atom. The van der Waals surface area contributed by atoms with Gasteiger partial charge in [0.1, 0.15) is 9.68 Å². The molecule has 0 aliphatic heterocycles. The first-order valence-electron chi connectivity index (χ1n) is 6.40. The summed E-state index contributed by atoms with van der Waals surface area (Å²) in [6, 6.07) is 21.3. The number of primary amides is 1. The van der Waals surface area contributed by atoms with E-state index in [9.17, 15) is 4.79 Å². The molecule has 98 valence electrons. The average molecular weight is 270 g/mol. The smallest absolute Gasteiger partial charge is 0.303 e. The molecule has 0 saturated carbocycles. The summed E-state index contributed by atoms with van der Waals surface area (Å²) in [5, 5.41) is 0. The summed E-state index contributed by atoms with van der Waals surface area (Å²) in [5.74, 6) is 0.334.